The Morgan fingerprint density at radius 2 is 1.10 bits per heavy atom. The molecule has 0 fully saturated rings. The molecule has 0 saturated carbocycles. The van der Waals surface area contributed by atoms with Crippen molar-refractivity contribution in [3.8, 4) is 11.1 Å². The van der Waals surface area contributed by atoms with Crippen molar-refractivity contribution >= 4 is 36.0 Å². The van der Waals surface area contributed by atoms with Crippen molar-refractivity contribution < 1.29 is 24.2 Å². The first kappa shape index (κ1) is 30.1. The number of benzene rings is 4. The van der Waals surface area contributed by atoms with Crippen LogP contribution in [0, 0.1) is 6.92 Å². The number of aryl methyl sites for hydroxylation is 1. The summed E-state index contributed by atoms with van der Waals surface area (Å²) in [5, 5.41) is 8.16. The molecule has 0 aromatic heterocycles. The van der Waals surface area contributed by atoms with Crippen LogP contribution in [0.4, 0.5) is 0 Å². The first-order chi connectivity index (χ1) is 18.9. The largest absolute Gasteiger partial charge is 0.165 e. The summed E-state index contributed by atoms with van der Waals surface area (Å²) in [7, 11) is 0. The second-order valence-corrected chi connectivity index (χ2v) is 14.2. The first-order valence-corrected chi connectivity index (χ1v) is 15.6. The van der Waals surface area contributed by atoms with Crippen molar-refractivity contribution in [2.24, 2.45) is 0 Å². The monoisotopic (exact) mass is 600 g/mol. The Kier molecular flexibility index (Phi) is 9.27. The number of rotatable bonds is 1. The van der Waals surface area contributed by atoms with Crippen LogP contribution in [-0.4, -0.2) is 3.71 Å². The zero-order valence-electron chi connectivity index (χ0n) is 25.4. The van der Waals surface area contributed by atoms with E-state index in [9.17, 15) is 0 Å². The summed E-state index contributed by atoms with van der Waals surface area (Å²) in [6.07, 6.45) is 0. The summed E-state index contributed by atoms with van der Waals surface area (Å²) >= 11 is 1.51. The minimum Gasteiger partial charge on any atom is -0.165 e. The Labute approximate surface area is 256 Å². The van der Waals surface area contributed by atoms with E-state index in [2.05, 4.69) is 155 Å². The maximum Gasteiger partial charge on any atom is -0.0279 e. The molecule has 0 bridgehead atoms. The molecule has 0 nitrogen and oxygen atoms in total. The Hall–Kier alpha value is -2.89. The van der Waals surface area contributed by atoms with Crippen LogP contribution >= 0.6 is 0 Å². The summed E-state index contributed by atoms with van der Waals surface area (Å²) in [6.45, 7) is 17.8. The minimum atomic E-state index is 0.203. The van der Waals surface area contributed by atoms with Gasteiger partial charge in [-0.15, -0.1) is 74.3 Å². The second kappa shape index (κ2) is 12.3. The van der Waals surface area contributed by atoms with Crippen LogP contribution in [0.5, 0.6) is 0 Å². The van der Waals surface area contributed by atoms with Gasteiger partial charge in [-0.2, -0.15) is 6.07 Å². The van der Waals surface area contributed by atoms with Gasteiger partial charge in [0.2, 0.25) is 0 Å². The van der Waals surface area contributed by atoms with Crippen LogP contribution < -0.4 is 0 Å². The van der Waals surface area contributed by atoms with Gasteiger partial charge < -0.3 is 0 Å². The summed E-state index contributed by atoms with van der Waals surface area (Å²) in [6, 6.07) is 37.7. The molecule has 0 aliphatic heterocycles. The third-order valence-electron chi connectivity index (χ3n) is 7.42. The maximum absolute atomic E-state index is 2.35. The SMILES string of the molecule is CC(C)(C)c1ccc2c(c1)[cH-]c1cc(C(C)(C)C)ccc12.C[CH]=[Zr+2].Cc1cc2c(-c3ccccc3)cccc2[cH-]1. The van der Waals surface area contributed by atoms with E-state index in [1.807, 2.05) is 6.92 Å². The summed E-state index contributed by atoms with van der Waals surface area (Å²) in [5.41, 5.74) is 7.16. The van der Waals surface area contributed by atoms with Gasteiger partial charge in [-0.05, 0) is 16.4 Å². The average Bonchev–Trinajstić information content (AvgIpc) is 3.47. The van der Waals surface area contributed by atoms with Crippen molar-refractivity contribution in [3.05, 3.63) is 120 Å². The van der Waals surface area contributed by atoms with Gasteiger partial charge >= 0.3 is 34.9 Å². The predicted octanol–water partition coefficient (Wildman–Crippen LogP) is 11.2. The van der Waals surface area contributed by atoms with E-state index in [-0.39, 0.29) is 10.8 Å². The molecular weight excluding hydrogens is 560 g/mol. The van der Waals surface area contributed by atoms with E-state index in [1.54, 1.807) is 0 Å². The third-order valence-corrected chi connectivity index (χ3v) is 7.42. The normalized spacial score (nSPS) is 11.7. The molecule has 0 aliphatic rings. The number of hydrogen-bond acceptors (Lipinski definition) is 0. The van der Waals surface area contributed by atoms with Crippen LogP contribution in [0.25, 0.3) is 43.4 Å². The molecule has 0 atom stereocenters. The van der Waals surface area contributed by atoms with Gasteiger partial charge in [-0.3, -0.25) is 0 Å². The van der Waals surface area contributed by atoms with E-state index >= 15 is 0 Å². The predicted molar refractivity (Wildman–Crippen MR) is 176 cm³/mol. The summed E-state index contributed by atoms with van der Waals surface area (Å²) < 4.78 is 2.09. The Bertz CT molecular complexity index is 1660. The van der Waals surface area contributed by atoms with Crippen LogP contribution in [-0.2, 0) is 35.1 Å². The van der Waals surface area contributed by atoms with Crippen LogP contribution in [0.2, 0.25) is 0 Å². The third kappa shape index (κ3) is 6.87. The van der Waals surface area contributed by atoms with Crippen molar-refractivity contribution in [2.75, 3.05) is 0 Å². The van der Waals surface area contributed by atoms with E-state index in [0.29, 0.717) is 0 Å². The topological polar surface area (TPSA) is 0 Å². The van der Waals surface area contributed by atoms with Crippen molar-refractivity contribution in [1.82, 2.24) is 0 Å². The molecule has 0 unspecified atom stereocenters. The molecule has 0 heterocycles. The molecule has 6 aromatic rings. The van der Waals surface area contributed by atoms with Crippen molar-refractivity contribution in [1.29, 1.82) is 0 Å². The molecule has 0 saturated heterocycles. The van der Waals surface area contributed by atoms with E-state index in [0.717, 1.165) is 0 Å². The molecule has 6 rings (SSSR count). The van der Waals surface area contributed by atoms with Crippen molar-refractivity contribution in [3.63, 3.8) is 0 Å². The smallest absolute Gasteiger partial charge is 0.0279 e. The van der Waals surface area contributed by atoms with Gasteiger partial charge in [0.15, 0.2) is 0 Å². The molecule has 0 N–H and O–H groups in total. The maximum atomic E-state index is 2.35. The van der Waals surface area contributed by atoms with Crippen LogP contribution in [0.1, 0.15) is 65.2 Å². The van der Waals surface area contributed by atoms with E-state index in [4.69, 9.17) is 0 Å². The molecule has 0 aliphatic carbocycles. The number of hydrogen-bond donors (Lipinski definition) is 0. The second-order valence-electron chi connectivity index (χ2n) is 12.7. The first-order valence-electron chi connectivity index (χ1n) is 14.2. The summed E-state index contributed by atoms with van der Waals surface area (Å²) in [4.78, 5) is 0. The van der Waals surface area contributed by atoms with Gasteiger partial charge in [0.1, 0.15) is 0 Å². The minimum absolute atomic E-state index is 0.203. The Morgan fingerprint density at radius 3 is 1.60 bits per heavy atom. The molecule has 1 heteroatoms. The number of fused-ring (bicyclic) bond motifs is 4. The van der Waals surface area contributed by atoms with Gasteiger partial charge in [-0.25, -0.2) is 0 Å². The molecule has 202 valence electrons. The van der Waals surface area contributed by atoms with Gasteiger partial charge in [0, 0.05) is 0 Å². The average molecular weight is 602 g/mol. The van der Waals surface area contributed by atoms with Gasteiger partial charge in [0.25, 0.3) is 0 Å². The summed E-state index contributed by atoms with van der Waals surface area (Å²) in [5.74, 6) is 0. The fourth-order valence-electron chi connectivity index (χ4n) is 5.21. The van der Waals surface area contributed by atoms with E-state index in [1.165, 1.54) is 84.4 Å². The molecule has 0 radical (unpaired) electrons. The van der Waals surface area contributed by atoms with Crippen LogP contribution in [0.3, 0.4) is 0 Å². The zero-order chi connectivity index (χ0) is 29.1. The van der Waals surface area contributed by atoms with Crippen molar-refractivity contribution in [2.45, 2.75) is 66.2 Å². The fraction of sp³-hybridized carbons (Fsp3) is 0.256. The standard InChI is InChI=1S/C21H25.C16H13.C2H4.Zr/c1-20(2,3)16-7-9-18-14(12-16)11-15-13-17(21(4,5)6)8-10-19(15)18;1-12-10-14-8-5-9-15(16(14)11-12)13-6-3-2-4-7-13;1-2;/h7-13H,1-6H3;2-11H,1H3;1H,2H3;/q2*-1;;+2. The van der Waals surface area contributed by atoms with E-state index < -0.39 is 0 Å². The molecule has 6 aromatic carbocycles. The molecule has 0 amide bonds. The molecule has 0 spiro atoms. The van der Waals surface area contributed by atoms with Gasteiger partial charge in [0.05, 0.1) is 0 Å². The van der Waals surface area contributed by atoms with Gasteiger partial charge in [-0.1, -0.05) is 126 Å². The van der Waals surface area contributed by atoms with Crippen LogP contribution in [0.15, 0.2) is 103 Å². The Morgan fingerprint density at radius 1 is 0.575 bits per heavy atom. The fourth-order valence-corrected chi connectivity index (χ4v) is 5.21. The molecule has 40 heavy (non-hydrogen) atoms. The quantitative estimate of drug-likeness (QED) is 0.164. The molecular formula is C39H42Zr. The zero-order valence-corrected chi connectivity index (χ0v) is 27.9. The Balaban J connectivity index is 0.000000173.